The van der Waals surface area contributed by atoms with E-state index in [9.17, 15) is 9.59 Å². The number of furan rings is 1. The topological polar surface area (TPSA) is 77.1 Å². The van der Waals surface area contributed by atoms with Gasteiger partial charge in [-0.15, -0.1) is 0 Å². The van der Waals surface area contributed by atoms with E-state index in [-0.39, 0.29) is 22.8 Å². The Kier molecular flexibility index (Phi) is 6.18. The van der Waals surface area contributed by atoms with Gasteiger partial charge in [-0.3, -0.25) is 14.2 Å². The first kappa shape index (κ1) is 20.2. The maximum Gasteiger partial charge on any atom is 0.297 e. The number of nitrogens with zero attached hydrogens (tertiary/aromatic N) is 2. The highest BCUT2D eigenvalue weighted by Gasteiger charge is 2.18. The van der Waals surface area contributed by atoms with Gasteiger partial charge in [-0.05, 0) is 30.5 Å². The van der Waals surface area contributed by atoms with Crippen molar-refractivity contribution in [3.8, 4) is 0 Å². The molecule has 0 spiro atoms. The Morgan fingerprint density at radius 2 is 1.90 bits per heavy atom. The summed E-state index contributed by atoms with van der Waals surface area (Å²) >= 11 is 1.28. The van der Waals surface area contributed by atoms with E-state index in [1.807, 2.05) is 61.5 Å². The fraction of sp³-hybridized carbons (Fsp3) is 0.261. The summed E-state index contributed by atoms with van der Waals surface area (Å²) in [5, 5.41) is 4.28. The zero-order valence-electron chi connectivity index (χ0n) is 16.8. The predicted octanol–water partition coefficient (Wildman–Crippen LogP) is 4.00. The number of aromatic nitrogens is 2. The fourth-order valence-electron chi connectivity index (χ4n) is 3.36. The van der Waals surface area contributed by atoms with Gasteiger partial charge in [0.15, 0.2) is 5.16 Å². The molecule has 0 radical (unpaired) electrons. The second kappa shape index (κ2) is 9.17. The van der Waals surface area contributed by atoms with Crippen LogP contribution in [0.3, 0.4) is 0 Å². The summed E-state index contributed by atoms with van der Waals surface area (Å²) in [6.07, 6.45) is 1.56. The molecular formula is C23H23N3O3S. The summed E-state index contributed by atoms with van der Waals surface area (Å²) in [6, 6.07) is 17.5. The molecule has 7 heteroatoms. The van der Waals surface area contributed by atoms with Crippen molar-refractivity contribution in [2.75, 3.05) is 12.3 Å². The van der Waals surface area contributed by atoms with Crippen molar-refractivity contribution in [2.24, 2.45) is 0 Å². The standard InChI is InChI=1S/C23H23N3O3S/c1-2-14-26-22(28)21-20(17-10-6-7-11-18(17)29-21)25-23(26)30-15-19(27)24-13-12-16-8-4-3-5-9-16/h3-11H,2,12-15H2,1H3,(H,24,27). The highest BCUT2D eigenvalue weighted by Crippen LogP contribution is 2.27. The molecule has 4 rings (SSSR count). The van der Waals surface area contributed by atoms with E-state index < -0.39 is 0 Å². The van der Waals surface area contributed by atoms with Crippen molar-refractivity contribution in [2.45, 2.75) is 31.5 Å². The minimum atomic E-state index is -0.204. The average molecular weight is 422 g/mol. The lowest BCUT2D eigenvalue weighted by molar-refractivity contribution is -0.118. The van der Waals surface area contributed by atoms with E-state index >= 15 is 0 Å². The number of benzene rings is 2. The first-order valence-corrected chi connectivity index (χ1v) is 11.0. The molecule has 0 unspecified atom stereocenters. The number of nitrogens with one attached hydrogen (secondary N) is 1. The SMILES string of the molecule is CCCn1c(SCC(=O)NCCc2ccccc2)nc2c(oc3ccccc32)c1=O. The Hall–Kier alpha value is -3.06. The molecule has 0 atom stereocenters. The lowest BCUT2D eigenvalue weighted by Crippen LogP contribution is -2.28. The van der Waals surface area contributed by atoms with Gasteiger partial charge >= 0.3 is 0 Å². The third kappa shape index (κ3) is 4.26. The maximum atomic E-state index is 13.0. The number of fused-ring (bicyclic) bond motifs is 3. The summed E-state index contributed by atoms with van der Waals surface area (Å²) in [5.74, 6) is 0.122. The molecule has 1 N–H and O–H groups in total. The molecule has 2 aromatic heterocycles. The largest absolute Gasteiger partial charge is 0.448 e. The second-order valence-electron chi connectivity index (χ2n) is 7.00. The first-order valence-electron chi connectivity index (χ1n) is 10.0. The van der Waals surface area contributed by atoms with Crippen LogP contribution in [0.25, 0.3) is 22.1 Å². The van der Waals surface area contributed by atoms with Crippen LogP contribution in [0.2, 0.25) is 0 Å². The van der Waals surface area contributed by atoms with Gasteiger partial charge in [0.1, 0.15) is 11.1 Å². The lowest BCUT2D eigenvalue weighted by Gasteiger charge is -2.10. The van der Waals surface area contributed by atoms with Crippen molar-refractivity contribution in [1.82, 2.24) is 14.9 Å². The first-order chi connectivity index (χ1) is 14.7. The molecule has 2 heterocycles. The summed E-state index contributed by atoms with van der Waals surface area (Å²) in [7, 11) is 0. The molecule has 0 saturated carbocycles. The summed E-state index contributed by atoms with van der Waals surface area (Å²) in [5.41, 5.74) is 2.43. The zero-order valence-corrected chi connectivity index (χ0v) is 17.6. The number of hydrogen-bond acceptors (Lipinski definition) is 5. The van der Waals surface area contributed by atoms with Crippen LogP contribution in [0.15, 0.2) is 69.0 Å². The fourth-order valence-corrected chi connectivity index (χ4v) is 4.20. The molecular weight excluding hydrogens is 398 g/mol. The highest BCUT2D eigenvalue weighted by atomic mass is 32.2. The predicted molar refractivity (Wildman–Crippen MR) is 120 cm³/mol. The van der Waals surface area contributed by atoms with E-state index in [0.29, 0.717) is 29.3 Å². The van der Waals surface area contributed by atoms with E-state index in [1.165, 1.54) is 17.3 Å². The summed E-state index contributed by atoms with van der Waals surface area (Å²) in [6.45, 7) is 3.10. The van der Waals surface area contributed by atoms with Gasteiger partial charge in [0.2, 0.25) is 11.5 Å². The molecule has 0 fully saturated rings. The van der Waals surface area contributed by atoms with Crippen LogP contribution in [-0.2, 0) is 17.8 Å². The van der Waals surface area contributed by atoms with Crippen LogP contribution < -0.4 is 10.9 Å². The van der Waals surface area contributed by atoms with Crippen LogP contribution >= 0.6 is 11.8 Å². The number of para-hydroxylation sites is 1. The maximum absolute atomic E-state index is 13.0. The highest BCUT2D eigenvalue weighted by molar-refractivity contribution is 7.99. The van der Waals surface area contributed by atoms with Gasteiger partial charge in [-0.2, -0.15) is 0 Å². The smallest absolute Gasteiger partial charge is 0.297 e. The Labute approximate surface area is 178 Å². The van der Waals surface area contributed by atoms with Crippen molar-refractivity contribution in [1.29, 1.82) is 0 Å². The third-order valence-electron chi connectivity index (χ3n) is 4.81. The molecule has 2 aromatic carbocycles. The van der Waals surface area contributed by atoms with Crippen LogP contribution in [0.5, 0.6) is 0 Å². The van der Waals surface area contributed by atoms with Crippen molar-refractivity contribution in [3.63, 3.8) is 0 Å². The van der Waals surface area contributed by atoms with Gasteiger partial charge in [0.25, 0.3) is 5.56 Å². The van der Waals surface area contributed by atoms with Gasteiger partial charge in [-0.1, -0.05) is 61.2 Å². The molecule has 154 valence electrons. The second-order valence-corrected chi connectivity index (χ2v) is 7.94. The van der Waals surface area contributed by atoms with Gasteiger partial charge in [0, 0.05) is 18.5 Å². The van der Waals surface area contributed by atoms with Crippen molar-refractivity contribution >= 4 is 39.7 Å². The average Bonchev–Trinajstić information content (AvgIpc) is 3.14. The van der Waals surface area contributed by atoms with E-state index in [0.717, 1.165) is 18.2 Å². The molecule has 0 saturated heterocycles. The number of carbonyl (C=O) groups is 1. The minimum absolute atomic E-state index is 0.0784. The van der Waals surface area contributed by atoms with Crippen molar-refractivity contribution in [3.05, 3.63) is 70.5 Å². The number of amides is 1. The van der Waals surface area contributed by atoms with E-state index in [1.54, 1.807) is 4.57 Å². The molecule has 0 aliphatic carbocycles. The Morgan fingerprint density at radius 3 is 2.70 bits per heavy atom. The number of hydrogen-bond donors (Lipinski definition) is 1. The van der Waals surface area contributed by atoms with E-state index in [2.05, 4.69) is 5.32 Å². The Balaban J connectivity index is 1.51. The summed E-state index contributed by atoms with van der Waals surface area (Å²) in [4.78, 5) is 30.0. The lowest BCUT2D eigenvalue weighted by atomic mass is 10.1. The van der Waals surface area contributed by atoms with Gasteiger partial charge in [-0.25, -0.2) is 4.98 Å². The molecule has 4 aromatic rings. The van der Waals surface area contributed by atoms with E-state index in [4.69, 9.17) is 9.40 Å². The third-order valence-corrected chi connectivity index (χ3v) is 5.78. The van der Waals surface area contributed by atoms with Gasteiger partial charge in [0.05, 0.1) is 5.75 Å². The monoisotopic (exact) mass is 421 g/mol. The number of thioether (sulfide) groups is 1. The molecule has 0 bridgehead atoms. The van der Waals surface area contributed by atoms with Crippen LogP contribution in [-0.4, -0.2) is 27.8 Å². The van der Waals surface area contributed by atoms with Crippen LogP contribution in [0, 0.1) is 0 Å². The molecule has 0 aliphatic heterocycles. The van der Waals surface area contributed by atoms with Gasteiger partial charge < -0.3 is 9.73 Å². The quantitative estimate of drug-likeness (QED) is 0.344. The Morgan fingerprint density at radius 1 is 1.13 bits per heavy atom. The molecule has 6 nitrogen and oxygen atoms in total. The number of rotatable bonds is 8. The summed E-state index contributed by atoms with van der Waals surface area (Å²) < 4.78 is 7.37. The number of carbonyl (C=O) groups excluding carboxylic acids is 1. The normalized spacial score (nSPS) is 11.2. The van der Waals surface area contributed by atoms with Crippen molar-refractivity contribution < 1.29 is 9.21 Å². The molecule has 30 heavy (non-hydrogen) atoms. The molecule has 1 amide bonds. The Bertz CT molecular complexity index is 1230. The molecule has 0 aliphatic rings. The minimum Gasteiger partial charge on any atom is -0.448 e. The van der Waals surface area contributed by atoms with Crippen LogP contribution in [0.4, 0.5) is 0 Å². The zero-order chi connectivity index (χ0) is 20.9. The van der Waals surface area contributed by atoms with Crippen LogP contribution in [0.1, 0.15) is 18.9 Å².